The summed E-state index contributed by atoms with van der Waals surface area (Å²) in [5.74, 6) is 1.85. The molecule has 0 spiro atoms. The van der Waals surface area contributed by atoms with Crippen LogP contribution in [0.25, 0.3) is 0 Å². The molecule has 1 saturated carbocycles. The zero-order valence-electron chi connectivity index (χ0n) is 14.7. The standard InChI is InChI=1S/C18H25N5OS/c1-3-25-16-10-8-14(9-11-16)21-18(24)20-13(2)17-22-19-12-23(17)15-6-4-5-7-15/h8-13,15H,3-7H2,1-2H3,(H2,20,21,24)/t13-/m0/s1. The number of anilines is 1. The van der Waals surface area contributed by atoms with Gasteiger partial charge in [0.15, 0.2) is 5.82 Å². The number of hydrogen-bond acceptors (Lipinski definition) is 4. The minimum Gasteiger partial charge on any atom is -0.328 e. The molecular formula is C18H25N5OS. The third kappa shape index (κ3) is 4.54. The molecule has 2 aromatic rings. The van der Waals surface area contributed by atoms with Crippen LogP contribution in [0.4, 0.5) is 10.5 Å². The van der Waals surface area contributed by atoms with Gasteiger partial charge in [-0.1, -0.05) is 19.8 Å². The number of hydrogen-bond donors (Lipinski definition) is 2. The quantitative estimate of drug-likeness (QED) is 0.751. The summed E-state index contributed by atoms with van der Waals surface area (Å²) in [4.78, 5) is 13.5. The summed E-state index contributed by atoms with van der Waals surface area (Å²) >= 11 is 1.78. The molecular weight excluding hydrogens is 334 g/mol. The summed E-state index contributed by atoms with van der Waals surface area (Å²) < 4.78 is 2.12. The Bertz CT molecular complexity index is 694. The third-order valence-corrected chi connectivity index (χ3v) is 5.37. The zero-order chi connectivity index (χ0) is 17.6. The maximum Gasteiger partial charge on any atom is 0.319 e. The first-order valence-electron chi connectivity index (χ1n) is 8.87. The van der Waals surface area contributed by atoms with E-state index in [2.05, 4.69) is 32.3 Å². The molecule has 134 valence electrons. The Morgan fingerprint density at radius 2 is 2.04 bits per heavy atom. The number of nitrogens with one attached hydrogen (secondary N) is 2. The van der Waals surface area contributed by atoms with E-state index in [0.29, 0.717) is 6.04 Å². The molecule has 0 aliphatic heterocycles. The predicted molar refractivity (Wildman–Crippen MR) is 101 cm³/mol. The lowest BCUT2D eigenvalue weighted by Gasteiger charge is -2.19. The summed E-state index contributed by atoms with van der Waals surface area (Å²) in [6.45, 7) is 4.06. The molecule has 2 N–H and O–H groups in total. The van der Waals surface area contributed by atoms with E-state index in [1.165, 1.54) is 17.7 Å². The van der Waals surface area contributed by atoms with Gasteiger partial charge in [0.1, 0.15) is 6.33 Å². The monoisotopic (exact) mass is 359 g/mol. The van der Waals surface area contributed by atoms with Crippen LogP contribution in [0.5, 0.6) is 0 Å². The van der Waals surface area contributed by atoms with E-state index in [9.17, 15) is 4.79 Å². The average molecular weight is 359 g/mol. The summed E-state index contributed by atoms with van der Waals surface area (Å²) in [5, 5.41) is 14.1. The van der Waals surface area contributed by atoms with Crippen LogP contribution in [0.2, 0.25) is 0 Å². The minimum atomic E-state index is -0.232. The normalized spacial score (nSPS) is 15.9. The van der Waals surface area contributed by atoms with Crippen molar-refractivity contribution in [2.45, 2.75) is 56.5 Å². The molecule has 1 aromatic carbocycles. The maximum absolute atomic E-state index is 12.3. The lowest BCUT2D eigenvalue weighted by Crippen LogP contribution is -2.32. The van der Waals surface area contributed by atoms with E-state index in [-0.39, 0.29) is 12.1 Å². The van der Waals surface area contributed by atoms with E-state index < -0.39 is 0 Å². The van der Waals surface area contributed by atoms with E-state index in [0.717, 1.165) is 30.1 Å². The van der Waals surface area contributed by atoms with E-state index in [1.807, 2.05) is 31.2 Å². The predicted octanol–water partition coefficient (Wildman–Crippen LogP) is 4.39. The number of amides is 2. The molecule has 2 amide bonds. The highest BCUT2D eigenvalue weighted by Gasteiger charge is 2.23. The van der Waals surface area contributed by atoms with Gasteiger partial charge in [0, 0.05) is 16.6 Å². The molecule has 0 unspecified atom stereocenters. The average Bonchev–Trinajstić information content (AvgIpc) is 3.28. The number of urea groups is 1. The topological polar surface area (TPSA) is 71.8 Å². The van der Waals surface area contributed by atoms with E-state index >= 15 is 0 Å². The molecule has 0 bridgehead atoms. The lowest BCUT2D eigenvalue weighted by atomic mass is 10.2. The van der Waals surface area contributed by atoms with E-state index in [4.69, 9.17) is 0 Å². The third-order valence-electron chi connectivity index (χ3n) is 4.48. The van der Waals surface area contributed by atoms with Gasteiger partial charge in [0.05, 0.1) is 6.04 Å². The van der Waals surface area contributed by atoms with Gasteiger partial charge in [-0.25, -0.2) is 4.79 Å². The van der Waals surface area contributed by atoms with Crippen LogP contribution >= 0.6 is 11.8 Å². The van der Waals surface area contributed by atoms with Crippen molar-refractivity contribution in [3.63, 3.8) is 0 Å². The smallest absolute Gasteiger partial charge is 0.319 e. The van der Waals surface area contributed by atoms with Crippen molar-refractivity contribution in [2.24, 2.45) is 0 Å². The summed E-state index contributed by atoms with van der Waals surface area (Å²) in [6.07, 6.45) is 6.59. The molecule has 6 nitrogen and oxygen atoms in total. The Morgan fingerprint density at radius 3 is 2.72 bits per heavy atom. The molecule has 7 heteroatoms. The van der Waals surface area contributed by atoms with Crippen molar-refractivity contribution in [2.75, 3.05) is 11.1 Å². The van der Waals surface area contributed by atoms with Crippen LogP contribution in [-0.2, 0) is 0 Å². The number of aromatic nitrogens is 3. The Hall–Kier alpha value is -2.02. The van der Waals surface area contributed by atoms with Crippen molar-refractivity contribution in [1.29, 1.82) is 0 Å². The number of rotatable bonds is 6. The van der Waals surface area contributed by atoms with Crippen molar-refractivity contribution >= 4 is 23.5 Å². The largest absolute Gasteiger partial charge is 0.328 e. The van der Waals surface area contributed by atoms with Crippen LogP contribution in [-0.4, -0.2) is 26.5 Å². The number of thioether (sulfide) groups is 1. The van der Waals surface area contributed by atoms with E-state index in [1.54, 1.807) is 18.1 Å². The molecule has 1 heterocycles. The van der Waals surface area contributed by atoms with Gasteiger partial charge in [-0.15, -0.1) is 22.0 Å². The van der Waals surface area contributed by atoms with Crippen LogP contribution in [0.3, 0.4) is 0 Å². The van der Waals surface area contributed by atoms with Gasteiger partial charge in [-0.2, -0.15) is 0 Å². The van der Waals surface area contributed by atoms with Crippen LogP contribution in [0.15, 0.2) is 35.5 Å². The second-order valence-electron chi connectivity index (χ2n) is 6.31. The van der Waals surface area contributed by atoms with Crippen molar-refractivity contribution in [3.8, 4) is 0 Å². The molecule has 1 atom stereocenters. The minimum absolute atomic E-state index is 0.196. The Balaban J connectivity index is 1.58. The number of carbonyl (C=O) groups is 1. The summed E-state index contributed by atoms with van der Waals surface area (Å²) in [7, 11) is 0. The summed E-state index contributed by atoms with van der Waals surface area (Å²) in [5.41, 5.74) is 0.780. The first-order valence-corrected chi connectivity index (χ1v) is 9.85. The Morgan fingerprint density at radius 1 is 1.32 bits per heavy atom. The van der Waals surface area contributed by atoms with Crippen LogP contribution in [0.1, 0.15) is 57.4 Å². The molecule has 0 radical (unpaired) electrons. The highest BCUT2D eigenvalue weighted by molar-refractivity contribution is 7.99. The lowest BCUT2D eigenvalue weighted by molar-refractivity contribution is 0.248. The molecule has 1 aromatic heterocycles. The SMILES string of the molecule is CCSc1ccc(NC(=O)N[C@@H](C)c2nncn2C2CCCC2)cc1. The van der Waals surface area contributed by atoms with Gasteiger partial charge < -0.3 is 15.2 Å². The fourth-order valence-electron chi connectivity index (χ4n) is 3.25. The van der Waals surface area contributed by atoms with Crippen molar-refractivity contribution in [3.05, 3.63) is 36.4 Å². The molecule has 1 fully saturated rings. The molecule has 1 aliphatic carbocycles. The van der Waals surface area contributed by atoms with Crippen LogP contribution in [0, 0.1) is 0 Å². The zero-order valence-corrected chi connectivity index (χ0v) is 15.6. The number of carbonyl (C=O) groups excluding carboxylic acids is 1. The summed E-state index contributed by atoms with van der Waals surface area (Å²) in [6, 6.07) is 7.91. The maximum atomic E-state index is 12.3. The molecule has 0 saturated heterocycles. The van der Waals surface area contributed by atoms with Gasteiger partial charge in [-0.05, 0) is 49.8 Å². The van der Waals surface area contributed by atoms with Gasteiger partial charge in [-0.3, -0.25) is 0 Å². The van der Waals surface area contributed by atoms with Crippen LogP contribution < -0.4 is 10.6 Å². The number of benzene rings is 1. The fraction of sp³-hybridized carbons (Fsp3) is 0.500. The Kier molecular flexibility index (Phi) is 5.96. The molecule has 3 rings (SSSR count). The van der Waals surface area contributed by atoms with Crippen molar-refractivity contribution in [1.82, 2.24) is 20.1 Å². The highest BCUT2D eigenvalue weighted by atomic mass is 32.2. The van der Waals surface area contributed by atoms with Gasteiger partial charge >= 0.3 is 6.03 Å². The number of nitrogens with zero attached hydrogens (tertiary/aromatic N) is 3. The van der Waals surface area contributed by atoms with Gasteiger partial charge in [0.25, 0.3) is 0 Å². The molecule has 25 heavy (non-hydrogen) atoms. The molecule has 1 aliphatic rings. The Labute approximate surface area is 152 Å². The fourth-order valence-corrected chi connectivity index (χ4v) is 3.92. The highest BCUT2D eigenvalue weighted by Crippen LogP contribution is 2.31. The van der Waals surface area contributed by atoms with Crippen molar-refractivity contribution < 1.29 is 4.79 Å². The second kappa shape index (κ2) is 8.38. The first kappa shape index (κ1) is 17.8. The second-order valence-corrected chi connectivity index (χ2v) is 7.65. The van der Waals surface area contributed by atoms with Gasteiger partial charge in [0.2, 0.25) is 0 Å². The first-order chi connectivity index (χ1) is 12.2.